The second kappa shape index (κ2) is 3.91. The van der Waals surface area contributed by atoms with Crippen molar-refractivity contribution in [2.45, 2.75) is 12.5 Å². The fourth-order valence-electron chi connectivity index (χ4n) is 1.18. The maximum Gasteiger partial charge on any atom is 0.0824 e. The van der Waals surface area contributed by atoms with Gasteiger partial charge < -0.3 is 14.6 Å². The molecule has 0 bridgehead atoms. The smallest absolute Gasteiger partial charge is 0.0824 e. The Morgan fingerprint density at radius 2 is 2.50 bits per heavy atom. The van der Waals surface area contributed by atoms with Crippen molar-refractivity contribution in [3.8, 4) is 0 Å². The molecule has 2 unspecified atom stereocenters. The Balaban J connectivity index is 2.25. The molecule has 1 saturated heterocycles. The molecule has 1 fully saturated rings. The molecule has 2 atom stereocenters. The molecule has 3 nitrogen and oxygen atoms in total. The molecule has 0 aromatic rings. The van der Waals surface area contributed by atoms with Crippen LogP contribution in [-0.2, 0) is 9.47 Å². The molecule has 0 aromatic carbocycles. The van der Waals surface area contributed by atoms with E-state index in [0.29, 0.717) is 13.2 Å². The first-order valence-corrected chi connectivity index (χ1v) is 3.59. The highest BCUT2D eigenvalue weighted by Gasteiger charge is 2.22. The average molecular weight is 146 g/mol. The number of methoxy groups -OCH3 is 1. The summed E-state index contributed by atoms with van der Waals surface area (Å²) in [6.45, 7) is 1.86. The molecule has 60 valence electrons. The zero-order valence-electron chi connectivity index (χ0n) is 6.25. The second-order valence-electron chi connectivity index (χ2n) is 2.65. The van der Waals surface area contributed by atoms with Crippen LogP contribution in [0, 0.1) is 5.92 Å². The average Bonchev–Trinajstić information content (AvgIpc) is 1.94. The van der Waals surface area contributed by atoms with Gasteiger partial charge >= 0.3 is 0 Å². The molecule has 0 radical (unpaired) electrons. The van der Waals surface area contributed by atoms with Crippen molar-refractivity contribution in [2.24, 2.45) is 5.92 Å². The summed E-state index contributed by atoms with van der Waals surface area (Å²) in [4.78, 5) is 0. The third-order valence-electron chi connectivity index (χ3n) is 1.85. The molecular formula is C7H14O3. The molecule has 0 aliphatic carbocycles. The van der Waals surface area contributed by atoms with Crippen molar-refractivity contribution < 1.29 is 14.6 Å². The molecule has 1 heterocycles. The highest BCUT2D eigenvalue weighted by molar-refractivity contribution is 4.71. The number of hydrogen-bond donors (Lipinski definition) is 1. The van der Waals surface area contributed by atoms with Gasteiger partial charge in [0.1, 0.15) is 0 Å². The van der Waals surface area contributed by atoms with Gasteiger partial charge in [-0.3, -0.25) is 0 Å². The van der Waals surface area contributed by atoms with Gasteiger partial charge in [0.25, 0.3) is 0 Å². The minimum Gasteiger partial charge on any atom is -0.390 e. The van der Waals surface area contributed by atoms with E-state index in [1.165, 1.54) is 0 Å². The van der Waals surface area contributed by atoms with Crippen LogP contribution in [-0.4, -0.2) is 38.1 Å². The van der Waals surface area contributed by atoms with E-state index in [2.05, 4.69) is 0 Å². The quantitative estimate of drug-likeness (QED) is 0.597. The first-order valence-electron chi connectivity index (χ1n) is 3.59. The normalized spacial score (nSPS) is 34.2. The van der Waals surface area contributed by atoms with Gasteiger partial charge in [0.2, 0.25) is 0 Å². The van der Waals surface area contributed by atoms with Crippen LogP contribution in [0.3, 0.4) is 0 Å². The van der Waals surface area contributed by atoms with Crippen LogP contribution >= 0.6 is 0 Å². The van der Waals surface area contributed by atoms with Gasteiger partial charge in [-0.15, -0.1) is 0 Å². The number of aliphatic hydroxyl groups excluding tert-OH is 1. The van der Waals surface area contributed by atoms with Crippen molar-refractivity contribution >= 4 is 0 Å². The minimum atomic E-state index is -0.325. The molecule has 10 heavy (non-hydrogen) atoms. The van der Waals surface area contributed by atoms with Gasteiger partial charge in [-0.1, -0.05) is 0 Å². The van der Waals surface area contributed by atoms with Crippen LogP contribution < -0.4 is 0 Å². The zero-order valence-corrected chi connectivity index (χ0v) is 6.25. The largest absolute Gasteiger partial charge is 0.390 e. The molecule has 1 N–H and O–H groups in total. The van der Waals surface area contributed by atoms with E-state index in [-0.39, 0.29) is 12.0 Å². The minimum absolute atomic E-state index is 0.277. The molecule has 0 aromatic heterocycles. The Kier molecular flexibility index (Phi) is 3.12. The first-order chi connectivity index (χ1) is 4.84. The summed E-state index contributed by atoms with van der Waals surface area (Å²) in [6.07, 6.45) is 0.586. The van der Waals surface area contributed by atoms with Crippen LogP contribution in [0.25, 0.3) is 0 Å². The Morgan fingerprint density at radius 3 is 3.10 bits per heavy atom. The van der Waals surface area contributed by atoms with E-state index < -0.39 is 0 Å². The number of ether oxygens (including phenoxy) is 2. The monoisotopic (exact) mass is 146 g/mol. The highest BCUT2D eigenvalue weighted by atomic mass is 16.5. The highest BCUT2D eigenvalue weighted by Crippen LogP contribution is 2.14. The Labute approximate surface area is 60.9 Å². The summed E-state index contributed by atoms with van der Waals surface area (Å²) < 4.78 is 9.99. The van der Waals surface area contributed by atoms with E-state index >= 15 is 0 Å². The Bertz CT molecular complexity index is 92.9. The van der Waals surface area contributed by atoms with Gasteiger partial charge in [-0.05, 0) is 6.42 Å². The van der Waals surface area contributed by atoms with Crippen molar-refractivity contribution in [1.82, 2.24) is 0 Å². The summed E-state index contributed by atoms with van der Waals surface area (Å²) in [5.41, 5.74) is 0. The summed E-state index contributed by atoms with van der Waals surface area (Å²) in [5, 5.41) is 9.30. The third-order valence-corrected chi connectivity index (χ3v) is 1.85. The Morgan fingerprint density at radius 1 is 1.70 bits per heavy atom. The predicted molar refractivity (Wildman–Crippen MR) is 36.8 cm³/mol. The summed E-state index contributed by atoms with van der Waals surface area (Å²) >= 11 is 0. The van der Waals surface area contributed by atoms with Crippen molar-refractivity contribution in [3.05, 3.63) is 0 Å². The molecule has 3 heteroatoms. The molecule has 1 rings (SSSR count). The standard InChI is InChI=1S/C7H14O3/c1-9-4-6-2-3-10-5-7(6)8/h6-8H,2-5H2,1H3. The fraction of sp³-hybridized carbons (Fsp3) is 1.00. The maximum absolute atomic E-state index is 9.30. The molecular weight excluding hydrogens is 132 g/mol. The van der Waals surface area contributed by atoms with Crippen LogP contribution in [0.1, 0.15) is 6.42 Å². The summed E-state index contributed by atoms with van der Waals surface area (Å²) in [7, 11) is 1.65. The molecule has 1 aliphatic rings. The van der Waals surface area contributed by atoms with Crippen LogP contribution in [0.2, 0.25) is 0 Å². The topological polar surface area (TPSA) is 38.7 Å². The van der Waals surface area contributed by atoms with Crippen molar-refractivity contribution in [3.63, 3.8) is 0 Å². The van der Waals surface area contributed by atoms with Gasteiger partial charge in [-0.25, -0.2) is 0 Å². The number of rotatable bonds is 2. The van der Waals surface area contributed by atoms with E-state index in [4.69, 9.17) is 9.47 Å². The van der Waals surface area contributed by atoms with Gasteiger partial charge in [-0.2, -0.15) is 0 Å². The summed E-state index contributed by atoms with van der Waals surface area (Å²) in [6, 6.07) is 0. The van der Waals surface area contributed by atoms with Gasteiger partial charge in [0.15, 0.2) is 0 Å². The van der Waals surface area contributed by atoms with Gasteiger partial charge in [0.05, 0.1) is 19.3 Å². The number of hydrogen-bond acceptors (Lipinski definition) is 3. The van der Waals surface area contributed by atoms with Crippen LogP contribution in [0.5, 0.6) is 0 Å². The zero-order chi connectivity index (χ0) is 7.40. The van der Waals surface area contributed by atoms with E-state index in [9.17, 15) is 5.11 Å². The second-order valence-corrected chi connectivity index (χ2v) is 2.65. The van der Waals surface area contributed by atoms with Crippen LogP contribution in [0.15, 0.2) is 0 Å². The maximum atomic E-state index is 9.30. The SMILES string of the molecule is COCC1CCOCC1O. The van der Waals surface area contributed by atoms with Crippen molar-refractivity contribution in [1.29, 1.82) is 0 Å². The lowest BCUT2D eigenvalue weighted by atomic mass is 9.99. The third kappa shape index (κ3) is 1.94. The summed E-state index contributed by atoms with van der Waals surface area (Å²) in [5.74, 6) is 0.277. The first kappa shape index (κ1) is 7.98. The fourth-order valence-corrected chi connectivity index (χ4v) is 1.18. The van der Waals surface area contributed by atoms with Crippen LogP contribution in [0.4, 0.5) is 0 Å². The lowest BCUT2D eigenvalue weighted by Crippen LogP contribution is -2.34. The Hall–Kier alpha value is -0.120. The molecule has 0 spiro atoms. The number of aliphatic hydroxyl groups is 1. The lowest BCUT2D eigenvalue weighted by molar-refractivity contribution is -0.0638. The van der Waals surface area contributed by atoms with Crippen molar-refractivity contribution in [2.75, 3.05) is 26.9 Å². The van der Waals surface area contributed by atoms with E-state index in [1.807, 2.05) is 0 Å². The molecule has 1 aliphatic heterocycles. The molecule has 0 saturated carbocycles. The van der Waals surface area contributed by atoms with E-state index in [1.54, 1.807) is 7.11 Å². The van der Waals surface area contributed by atoms with E-state index in [0.717, 1.165) is 13.0 Å². The van der Waals surface area contributed by atoms with Gasteiger partial charge in [0, 0.05) is 19.6 Å². The molecule has 0 amide bonds. The predicted octanol–water partition coefficient (Wildman–Crippen LogP) is 0.0302. The lowest BCUT2D eigenvalue weighted by Gasteiger charge is -2.26.